The highest BCUT2D eigenvalue weighted by Crippen LogP contribution is 2.36. The lowest BCUT2D eigenvalue weighted by Crippen LogP contribution is -2.03. The van der Waals surface area contributed by atoms with E-state index in [2.05, 4.69) is 125 Å². The van der Waals surface area contributed by atoms with E-state index in [4.69, 9.17) is 0 Å². The fraction of sp³-hybridized carbons (Fsp3) is 0. The van der Waals surface area contributed by atoms with Gasteiger partial charge in [0.2, 0.25) is 0 Å². The Balaban J connectivity index is 1.53. The van der Waals surface area contributed by atoms with Gasteiger partial charge in [-0.25, -0.2) is 0 Å². The van der Waals surface area contributed by atoms with Gasteiger partial charge in [0.15, 0.2) is 5.82 Å². The van der Waals surface area contributed by atoms with Crippen LogP contribution < -0.4 is 0 Å². The fourth-order valence-corrected chi connectivity index (χ4v) is 5.73. The average molecular weight is 515 g/mol. The van der Waals surface area contributed by atoms with E-state index in [1.54, 1.807) is 0 Å². The van der Waals surface area contributed by atoms with E-state index in [9.17, 15) is 0 Å². The van der Waals surface area contributed by atoms with Gasteiger partial charge in [0.25, 0.3) is 0 Å². The first-order valence-corrected chi connectivity index (χ1v) is 13.1. The molecule has 0 unspecified atom stereocenters. The Hall–Kier alpha value is -5.48. The molecule has 4 nitrogen and oxygen atoms in total. The van der Waals surface area contributed by atoms with Crippen LogP contribution >= 0.6 is 0 Å². The van der Waals surface area contributed by atoms with Crippen molar-refractivity contribution >= 4 is 67.9 Å². The summed E-state index contributed by atoms with van der Waals surface area (Å²) in [7, 11) is 0. The van der Waals surface area contributed by atoms with E-state index in [0.29, 0.717) is 0 Å². The van der Waals surface area contributed by atoms with Gasteiger partial charge >= 0.3 is 0 Å². The first-order chi connectivity index (χ1) is 19.6. The van der Waals surface area contributed by atoms with Crippen molar-refractivity contribution in [1.29, 1.82) is 0 Å². The van der Waals surface area contributed by atoms with E-state index in [1.165, 1.54) is 0 Å². The van der Waals surface area contributed by atoms with Crippen LogP contribution in [0.1, 0.15) is 22.3 Å². The summed E-state index contributed by atoms with van der Waals surface area (Å²) in [6.07, 6.45) is 9.33. The quantitative estimate of drug-likeness (QED) is 0.222. The Morgan fingerprint density at radius 3 is 1.23 bits per heavy atom. The van der Waals surface area contributed by atoms with E-state index in [0.717, 1.165) is 77.4 Å². The Labute approximate surface area is 232 Å². The monoisotopic (exact) mass is 514 g/mol. The lowest BCUT2D eigenvalue weighted by atomic mass is 10.1. The highest BCUT2D eigenvalue weighted by atomic mass is 15.2. The predicted molar refractivity (Wildman–Crippen MR) is 171 cm³/mol. The predicted octanol–water partition coefficient (Wildman–Crippen LogP) is 9.24. The maximum Gasteiger partial charge on any atom is 0.162 e. The summed E-state index contributed by atoms with van der Waals surface area (Å²) < 4.78 is 4.43. The lowest BCUT2D eigenvalue weighted by molar-refractivity contribution is 0.936. The van der Waals surface area contributed by atoms with Gasteiger partial charge in [-0.05, 0) is 70.8 Å². The van der Waals surface area contributed by atoms with Crippen molar-refractivity contribution in [3.63, 3.8) is 0 Å². The van der Waals surface area contributed by atoms with Crippen LogP contribution in [0.3, 0.4) is 0 Å². The highest BCUT2D eigenvalue weighted by molar-refractivity contribution is 6.11. The van der Waals surface area contributed by atoms with Crippen molar-refractivity contribution in [3.8, 4) is 11.5 Å². The third kappa shape index (κ3) is 3.47. The Morgan fingerprint density at radius 2 is 0.850 bits per heavy atom. The molecule has 7 rings (SSSR count). The maximum absolute atomic E-state index is 4.62. The minimum atomic E-state index is 0.746. The molecule has 0 amide bonds. The SMILES string of the molecule is C=Cc1ccc2c(c1)c1cc(C=C)ccc1n2-c1cnnc(-n2c3ccc(C=C)cc3c3cc(C=C)ccc32)c1. The first kappa shape index (κ1) is 23.6. The second-order valence-electron chi connectivity index (χ2n) is 9.87. The number of hydrogen-bond donors (Lipinski definition) is 0. The molecular weight excluding hydrogens is 488 g/mol. The summed E-state index contributed by atoms with van der Waals surface area (Å²) >= 11 is 0. The van der Waals surface area contributed by atoms with Crippen molar-refractivity contribution in [1.82, 2.24) is 19.3 Å². The average Bonchev–Trinajstić information content (AvgIpc) is 3.51. The third-order valence-corrected chi connectivity index (χ3v) is 7.68. The Bertz CT molecular complexity index is 1910. The van der Waals surface area contributed by atoms with E-state index < -0.39 is 0 Å². The maximum atomic E-state index is 4.62. The zero-order valence-electron chi connectivity index (χ0n) is 22.0. The number of hydrogen-bond acceptors (Lipinski definition) is 2. The smallest absolute Gasteiger partial charge is 0.162 e. The van der Waals surface area contributed by atoms with Crippen LogP contribution in [0.15, 0.2) is 111 Å². The van der Waals surface area contributed by atoms with E-state index in [1.807, 2.05) is 30.5 Å². The zero-order chi connectivity index (χ0) is 27.4. The molecular formula is C36H26N4. The molecule has 0 bridgehead atoms. The van der Waals surface area contributed by atoms with Gasteiger partial charge < -0.3 is 4.57 Å². The van der Waals surface area contributed by atoms with Gasteiger partial charge in [-0.1, -0.05) is 74.9 Å². The number of nitrogens with zero attached hydrogens (tertiary/aromatic N) is 4. The molecule has 0 radical (unpaired) electrons. The Morgan fingerprint density at radius 1 is 0.475 bits per heavy atom. The van der Waals surface area contributed by atoms with Crippen LogP contribution in [-0.2, 0) is 0 Å². The molecule has 0 atom stereocenters. The summed E-state index contributed by atoms with van der Waals surface area (Å²) in [4.78, 5) is 0. The molecule has 40 heavy (non-hydrogen) atoms. The zero-order valence-corrected chi connectivity index (χ0v) is 22.0. The molecule has 3 aromatic heterocycles. The minimum Gasteiger partial charge on any atom is -0.307 e. The molecule has 7 aromatic rings. The summed E-state index contributed by atoms with van der Waals surface area (Å²) in [6.45, 7) is 15.9. The van der Waals surface area contributed by atoms with Crippen LogP contribution in [0.2, 0.25) is 0 Å². The van der Waals surface area contributed by atoms with Crippen molar-refractivity contribution in [2.24, 2.45) is 0 Å². The van der Waals surface area contributed by atoms with E-state index in [-0.39, 0.29) is 0 Å². The topological polar surface area (TPSA) is 35.6 Å². The number of aromatic nitrogens is 4. The number of benzene rings is 4. The standard InChI is InChI=1S/C36H26N4/c1-5-23-9-13-32-28(17-23)29-18-24(6-2)10-14-33(29)39(32)27-21-36(38-37-22-27)40-34-15-11-25(7-3)19-30(34)31-20-26(8-4)12-16-35(31)40/h5-22H,1-4H2. The number of fused-ring (bicyclic) bond motifs is 6. The van der Waals surface area contributed by atoms with Crippen molar-refractivity contribution in [3.05, 3.63) is 134 Å². The molecule has 3 heterocycles. The van der Waals surface area contributed by atoms with Gasteiger partial charge in [-0.15, -0.1) is 5.10 Å². The molecule has 190 valence electrons. The van der Waals surface area contributed by atoms with Crippen LogP contribution in [0.4, 0.5) is 0 Å². The third-order valence-electron chi connectivity index (χ3n) is 7.68. The molecule has 0 N–H and O–H groups in total. The highest BCUT2D eigenvalue weighted by Gasteiger charge is 2.17. The van der Waals surface area contributed by atoms with E-state index >= 15 is 0 Å². The molecule has 4 heteroatoms. The van der Waals surface area contributed by atoms with Gasteiger partial charge in [0.1, 0.15) is 0 Å². The molecule has 0 spiro atoms. The van der Waals surface area contributed by atoms with Gasteiger partial charge in [0.05, 0.1) is 34.0 Å². The van der Waals surface area contributed by atoms with Crippen molar-refractivity contribution in [2.45, 2.75) is 0 Å². The molecule has 0 saturated carbocycles. The Kier molecular flexibility index (Phi) is 5.36. The van der Waals surface area contributed by atoms with Crippen LogP contribution in [0, 0.1) is 0 Å². The summed E-state index contributed by atoms with van der Waals surface area (Å²) in [5, 5.41) is 13.7. The molecule has 0 fully saturated rings. The van der Waals surface area contributed by atoms with Crippen LogP contribution in [0.25, 0.3) is 79.4 Å². The summed E-state index contributed by atoms with van der Waals surface area (Å²) in [5.74, 6) is 0.746. The second-order valence-corrected chi connectivity index (χ2v) is 9.87. The molecule has 0 saturated heterocycles. The van der Waals surface area contributed by atoms with Crippen LogP contribution in [-0.4, -0.2) is 19.3 Å². The number of rotatable bonds is 6. The molecule has 0 aliphatic carbocycles. The molecule has 0 aliphatic heterocycles. The molecule has 4 aromatic carbocycles. The normalized spacial score (nSPS) is 11.4. The van der Waals surface area contributed by atoms with Gasteiger partial charge in [-0.3, -0.25) is 4.57 Å². The summed E-state index contributed by atoms with van der Waals surface area (Å²) in [6, 6.07) is 27.7. The second kappa shape index (κ2) is 9.07. The van der Waals surface area contributed by atoms with Crippen molar-refractivity contribution < 1.29 is 0 Å². The lowest BCUT2D eigenvalue weighted by Gasteiger charge is -2.11. The minimum absolute atomic E-state index is 0.746. The van der Waals surface area contributed by atoms with Crippen LogP contribution in [0.5, 0.6) is 0 Å². The van der Waals surface area contributed by atoms with Gasteiger partial charge in [-0.2, -0.15) is 5.10 Å². The van der Waals surface area contributed by atoms with Gasteiger partial charge in [0, 0.05) is 27.6 Å². The largest absolute Gasteiger partial charge is 0.307 e. The van der Waals surface area contributed by atoms with Crippen molar-refractivity contribution in [2.75, 3.05) is 0 Å². The fourth-order valence-electron chi connectivity index (χ4n) is 5.73. The molecule has 0 aliphatic rings. The first-order valence-electron chi connectivity index (χ1n) is 13.1. The summed E-state index contributed by atoms with van der Waals surface area (Å²) in [5.41, 5.74) is 9.52.